The summed E-state index contributed by atoms with van der Waals surface area (Å²) in [5, 5.41) is 7.64. The molecule has 118 valence electrons. The van der Waals surface area contributed by atoms with Crippen molar-refractivity contribution in [3.8, 4) is 0 Å². The zero-order valence-corrected chi connectivity index (χ0v) is 12.9. The Kier molecular flexibility index (Phi) is 3.97. The normalized spacial score (nSPS) is 12.3. The van der Waals surface area contributed by atoms with E-state index >= 15 is 0 Å². The molecule has 3 rings (SSSR count). The smallest absolute Gasteiger partial charge is 0.349 e. The zero-order chi connectivity index (χ0) is 16.4. The van der Waals surface area contributed by atoms with Gasteiger partial charge in [-0.2, -0.15) is 5.10 Å². The summed E-state index contributed by atoms with van der Waals surface area (Å²) in [5.41, 5.74) is -0.227. The van der Waals surface area contributed by atoms with Crippen molar-refractivity contribution in [2.45, 2.75) is 26.3 Å². The van der Waals surface area contributed by atoms with Crippen LogP contribution in [0.4, 0.5) is 5.82 Å². The second-order valence-electron chi connectivity index (χ2n) is 5.36. The van der Waals surface area contributed by atoms with Gasteiger partial charge in [0.2, 0.25) is 0 Å². The van der Waals surface area contributed by atoms with Crippen molar-refractivity contribution in [1.29, 1.82) is 0 Å². The SMILES string of the molecule is CCC(C)n1nccc1NC(=O)c1cc2ccccc2oc1=O. The first kappa shape index (κ1) is 15.0. The van der Waals surface area contributed by atoms with E-state index in [1.54, 1.807) is 41.2 Å². The molecule has 1 amide bonds. The summed E-state index contributed by atoms with van der Waals surface area (Å²) in [7, 11) is 0. The number of hydrogen-bond donors (Lipinski definition) is 1. The highest BCUT2D eigenvalue weighted by Crippen LogP contribution is 2.18. The first-order valence-corrected chi connectivity index (χ1v) is 7.48. The molecule has 0 spiro atoms. The van der Waals surface area contributed by atoms with Crippen molar-refractivity contribution in [3.63, 3.8) is 0 Å². The third-order valence-electron chi connectivity index (χ3n) is 3.81. The molecule has 1 N–H and O–H groups in total. The number of carbonyl (C=O) groups excluding carboxylic acids is 1. The van der Waals surface area contributed by atoms with E-state index < -0.39 is 11.5 Å². The minimum atomic E-state index is -0.657. The summed E-state index contributed by atoms with van der Waals surface area (Å²) < 4.78 is 6.92. The van der Waals surface area contributed by atoms with Crippen LogP contribution in [0.25, 0.3) is 11.0 Å². The lowest BCUT2D eigenvalue weighted by Gasteiger charge is -2.14. The lowest BCUT2D eigenvalue weighted by Crippen LogP contribution is -2.23. The predicted octanol–water partition coefficient (Wildman–Crippen LogP) is 3.21. The Hall–Kier alpha value is -2.89. The number of rotatable bonds is 4. The molecule has 6 nitrogen and oxygen atoms in total. The molecular formula is C17H17N3O3. The fourth-order valence-corrected chi connectivity index (χ4v) is 2.34. The fraction of sp³-hybridized carbons (Fsp3) is 0.235. The van der Waals surface area contributed by atoms with Crippen molar-refractivity contribution in [2.24, 2.45) is 0 Å². The van der Waals surface area contributed by atoms with Gasteiger partial charge in [-0.25, -0.2) is 9.48 Å². The topological polar surface area (TPSA) is 77.1 Å². The first-order valence-electron chi connectivity index (χ1n) is 7.48. The van der Waals surface area contributed by atoms with E-state index in [0.29, 0.717) is 16.8 Å². The lowest BCUT2D eigenvalue weighted by atomic mass is 10.2. The van der Waals surface area contributed by atoms with Crippen molar-refractivity contribution in [3.05, 3.63) is 58.6 Å². The van der Waals surface area contributed by atoms with E-state index in [1.165, 1.54) is 0 Å². The Morgan fingerprint density at radius 2 is 2.13 bits per heavy atom. The van der Waals surface area contributed by atoms with Gasteiger partial charge in [-0.3, -0.25) is 4.79 Å². The number of carbonyl (C=O) groups is 1. The van der Waals surface area contributed by atoms with Crippen molar-refractivity contribution in [2.75, 3.05) is 5.32 Å². The number of amides is 1. The molecule has 0 bridgehead atoms. The largest absolute Gasteiger partial charge is 0.422 e. The lowest BCUT2D eigenvalue weighted by molar-refractivity contribution is 0.102. The maximum Gasteiger partial charge on any atom is 0.349 e. The van der Waals surface area contributed by atoms with Gasteiger partial charge >= 0.3 is 5.63 Å². The Morgan fingerprint density at radius 3 is 2.91 bits per heavy atom. The van der Waals surface area contributed by atoms with Gasteiger partial charge in [0.15, 0.2) is 0 Å². The third kappa shape index (κ3) is 2.88. The molecule has 6 heteroatoms. The van der Waals surface area contributed by atoms with Crippen LogP contribution in [0.15, 0.2) is 51.8 Å². The van der Waals surface area contributed by atoms with Crippen LogP contribution in [0.3, 0.4) is 0 Å². The molecule has 0 radical (unpaired) electrons. The van der Waals surface area contributed by atoms with Gasteiger partial charge in [-0.05, 0) is 25.5 Å². The Morgan fingerprint density at radius 1 is 1.35 bits per heavy atom. The molecule has 0 saturated heterocycles. The number of nitrogens with zero attached hydrogens (tertiary/aromatic N) is 2. The highest BCUT2D eigenvalue weighted by atomic mass is 16.4. The van der Waals surface area contributed by atoms with Crippen molar-refractivity contribution in [1.82, 2.24) is 9.78 Å². The summed E-state index contributed by atoms with van der Waals surface area (Å²) in [6.07, 6.45) is 2.49. The Balaban J connectivity index is 1.94. The third-order valence-corrected chi connectivity index (χ3v) is 3.81. The highest BCUT2D eigenvalue weighted by molar-refractivity contribution is 6.05. The maximum atomic E-state index is 12.4. The van der Waals surface area contributed by atoms with Gasteiger partial charge in [0, 0.05) is 11.5 Å². The molecule has 0 aliphatic rings. The molecule has 23 heavy (non-hydrogen) atoms. The van der Waals surface area contributed by atoms with Crippen LogP contribution >= 0.6 is 0 Å². The van der Waals surface area contributed by atoms with Crippen LogP contribution in [-0.2, 0) is 0 Å². The van der Waals surface area contributed by atoms with Gasteiger partial charge in [-0.1, -0.05) is 25.1 Å². The quantitative estimate of drug-likeness (QED) is 0.751. The van der Waals surface area contributed by atoms with Crippen LogP contribution < -0.4 is 10.9 Å². The van der Waals surface area contributed by atoms with E-state index in [-0.39, 0.29) is 11.6 Å². The summed E-state index contributed by atoms with van der Waals surface area (Å²) in [5.74, 6) is 0.0477. The van der Waals surface area contributed by atoms with Crippen molar-refractivity contribution < 1.29 is 9.21 Å². The zero-order valence-electron chi connectivity index (χ0n) is 12.9. The molecule has 0 saturated carbocycles. The molecule has 1 aromatic carbocycles. The number of aromatic nitrogens is 2. The van der Waals surface area contributed by atoms with Crippen LogP contribution in [0.2, 0.25) is 0 Å². The van der Waals surface area contributed by atoms with E-state index in [4.69, 9.17) is 4.42 Å². The van der Waals surface area contributed by atoms with Gasteiger partial charge in [0.25, 0.3) is 5.91 Å². The second-order valence-corrected chi connectivity index (χ2v) is 5.36. The number of hydrogen-bond acceptors (Lipinski definition) is 4. The molecular weight excluding hydrogens is 294 g/mol. The summed E-state index contributed by atoms with van der Waals surface area (Å²) in [6.45, 7) is 4.04. The number of anilines is 1. The van der Waals surface area contributed by atoms with E-state index in [2.05, 4.69) is 10.4 Å². The summed E-state index contributed by atoms with van der Waals surface area (Å²) in [6, 6.07) is 10.5. The molecule has 0 aliphatic heterocycles. The summed E-state index contributed by atoms with van der Waals surface area (Å²) in [4.78, 5) is 24.5. The molecule has 3 aromatic rings. The highest BCUT2D eigenvalue weighted by Gasteiger charge is 2.16. The van der Waals surface area contributed by atoms with Crippen LogP contribution in [0, 0.1) is 0 Å². The predicted molar refractivity (Wildman–Crippen MR) is 87.7 cm³/mol. The monoisotopic (exact) mass is 311 g/mol. The summed E-state index contributed by atoms with van der Waals surface area (Å²) >= 11 is 0. The van der Waals surface area contributed by atoms with Gasteiger partial charge in [-0.15, -0.1) is 0 Å². The fourth-order valence-electron chi connectivity index (χ4n) is 2.34. The number of benzene rings is 1. The molecule has 1 atom stereocenters. The Labute approximate surface area is 132 Å². The minimum absolute atomic E-state index is 0.0272. The van der Waals surface area contributed by atoms with Crippen LogP contribution in [0.1, 0.15) is 36.7 Å². The molecule has 0 aliphatic carbocycles. The molecule has 1 unspecified atom stereocenters. The molecule has 0 fully saturated rings. The average molecular weight is 311 g/mol. The van der Waals surface area contributed by atoms with Gasteiger partial charge in [0.1, 0.15) is 17.0 Å². The van der Waals surface area contributed by atoms with Crippen LogP contribution in [-0.4, -0.2) is 15.7 Å². The van der Waals surface area contributed by atoms with Gasteiger partial charge in [0.05, 0.1) is 12.2 Å². The Bertz CT molecular complexity index is 911. The van der Waals surface area contributed by atoms with E-state index in [9.17, 15) is 9.59 Å². The average Bonchev–Trinajstić information content (AvgIpc) is 3.01. The number of fused-ring (bicyclic) bond motifs is 1. The maximum absolute atomic E-state index is 12.4. The minimum Gasteiger partial charge on any atom is -0.422 e. The molecule has 2 heterocycles. The second kappa shape index (κ2) is 6.08. The van der Waals surface area contributed by atoms with Gasteiger partial charge < -0.3 is 9.73 Å². The number of para-hydroxylation sites is 1. The standard InChI is InChI=1S/C17H17N3O3/c1-3-11(2)20-15(8-9-18-20)19-16(21)13-10-12-6-4-5-7-14(12)23-17(13)22/h4-11H,3H2,1-2H3,(H,19,21). The van der Waals surface area contributed by atoms with E-state index in [0.717, 1.165) is 6.42 Å². The molecule has 2 aromatic heterocycles. The van der Waals surface area contributed by atoms with Crippen LogP contribution in [0.5, 0.6) is 0 Å². The van der Waals surface area contributed by atoms with E-state index in [1.807, 2.05) is 19.9 Å². The number of nitrogens with one attached hydrogen (secondary N) is 1. The first-order chi connectivity index (χ1) is 11.1. The van der Waals surface area contributed by atoms with Crippen molar-refractivity contribution >= 4 is 22.7 Å².